The normalized spacial score (nSPS) is 12.2. The second-order valence-electron chi connectivity index (χ2n) is 5.91. The van der Waals surface area contributed by atoms with Gasteiger partial charge in [-0.1, -0.05) is 29.3 Å². The molecule has 0 radical (unpaired) electrons. The molecule has 3 N–H and O–H groups in total. The third-order valence-corrected chi connectivity index (χ3v) is 3.98. The number of hydrogen-bond donors (Lipinski definition) is 3. The van der Waals surface area contributed by atoms with Gasteiger partial charge in [0.1, 0.15) is 12.4 Å². The van der Waals surface area contributed by atoms with Gasteiger partial charge in [0.05, 0.1) is 16.4 Å². The lowest BCUT2D eigenvalue weighted by Gasteiger charge is -2.13. The van der Waals surface area contributed by atoms with Crippen LogP contribution in [0.1, 0.15) is 13.3 Å². The quantitative estimate of drug-likeness (QED) is 0.236. The van der Waals surface area contributed by atoms with E-state index in [4.69, 9.17) is 27.9 Å². The number of nitro groups is 1. The Bertz CT molecular complexity index is 923. The number of aliphatic hydroxyl groups is 1. The highest BCUT2D eigenvalue weighted by molar-refractivity contribution is 6.35. The minimum Gasteiger partial charge on any atom is -0.487 e. The van der Waals surface area contributed by atoms with Crippen molar-refractivity contribution in [3.05, 3.63) is 62.6 Å². The van der Waals surface area contributed by atoms with Crippen LogP contribution in [0, 0.1) is 10.1 Å². The Labute approximate surface area is 176 Å². The number of carbonyl (C=O) groups is 1. The van der Waals surface area contributed by atoms with Crippen LogP contribution in [0.15, 0.2) is 47.6 Å². The van der Waals surface area contributed by atoms with Gasteiger partial charge in [0, 0.05) is 28.6 Å². The van der Waals surface area contributed by atoms with Crippen molar-refractivity contribution in [1.82, 2.24) is 5.43 Å². The molecule has 1 amide bonds. The molecule has 1 atom stereocenters. The van der Waals surface area contributed by atoms with Gasteiger partial charge in [-0.15, -0.1) is 0 Å². The molecule has 2 rings (SSSR count). The molecule has 0 bridgehead atoms. The summed E-state index contributed by atoms with van der Waals surface area (Å²) in [7, 11) is 0. The number of ether oxygens (including phenoxy) is 1. The monoisotopic (exact) mass is 440 g/mol. The molecule has 154 valence electrons. The molecule has 0 saturated carbocycles. The zero-order valence-corrected chi connectivity index (χ0v) is 16.8. The summed E-state index contributed by atoms with van der Waals surface area (Å²) in [5.41, 5.74) is 3.02. The molecular weight excluding hydrogens is 423 g/mol. The first-order valence-electron chi connectivity index (χ1n) is 8.33. The number of amides is 1. The average Bonchev–Trinajstić information content (AvgIpc) is 2.65. The van der Waals surface area contributed by atoms with Gasteiger partial charge in [-0.25, -0.2) is 0 Å². The predicted octanol–water partition coefficient (Wildman–Crippen LogP) is 3.59. The number of rotatable bonds is 9. The summed E-state index contributed by atoms with van der Waals surface area (Å²) >= 11 is 11.8. The number of non-ortho nitro benzene ring substituents is 1. The molecule has 1 unspecified atom stereocenters. The summed E-state index contributed by atoms with van der Waals surface area (Å²) in [6, 6.07) is 10.3. The van der Waals surface area contributed by atoms with Gasteiger partial charge in [0.15, 0.2) is 6.23 Å². The second-order valence-corrected chi connectivity index (χ2v) is 6.75. The molecule has 0 heterocycles. The first-order valence-corrected chi connectivity index (χ1v) is 9.09. The number of nitrogens with one attached hydrogen (secondary N) is 2. The fourth-order valence-electron chi connectivity index (χ4n) is 2.16. The van der Waals surface area contributed by atoms with E-state index in [0.717, 1.165) is 0 Å². The van der Waals surface area contributed by atoms with Crippen LogP contribution in [-0.4, -0.2) is 34.5 Å². The number of aliphatic hydroxyl groups excluding tert-OH is 1. The Balaban J connectivity index is 1.80. The van der Waals surface area contributed by atoms with E-state index >= 15 is 0 Å². The van der Waals surface area contributed by atoms with E-state index in [-0.39, 0.29) is 18.7 Å². The molecule has 0 aliphatic heterocycles. The molecule has 9 nitrogen and oxygen atoms in total. The van der Waals surface area contributed by atoms with Crippen LogP contribution < -0.4 is 15.5 Å². The molecule has 2 aromatic rings. The third-order valence-electron chi connectivity index (χ3n) is 3.45. The number of carbonyl (C=O) groups excluding carboxylic acids is 1. The van der Waals surface area contributed by atoms with Crippen molar-refractivity contribution < 1.29 is 19.6 Å². The minimum atomic E-state index is -1.14. The minimum absolute atomic E-state index is 0.0771. The Morgan fingerprint density at radius 2 is 2.07 bits per heavy atom. The lowest BCUT2D eigenvalue weighted by Crippen LogP contribution is -2.31. The van der Waals surface area contributed by atoms with Crippen LogP contribution >= 0.6 is 23.2 Å². The number of halogens is 2. The van der Waals surface area contributed by atoms with Crippen LogP contribution in [0.2, 0.25) is 10.0 Å². The maximum atomic E-state index is 12.0. The first kappa shape index (κ1) is 22.4. The number of nitro benzene ring substituents is 1. The van der Waals surface area contributed by atoms with Crippen molar-refractivity contribution >= 4 is 46.2 Å². The van der Waals surface area contributed by atoms with Crippen LogP contribution in [-0.2, 0) is 4.79 Å². The summed E-state index contributed by atoms with van der Waals surface area (Å²) in [4.78, 5) is 22.2. The van der Waals surface area contributed by atoms with Gasteiger partial charge in [0.2, 0.25) is 5.91 Å². The highest BCUT2D eigenvalue weighted by Gasteiger charge is 2.10. The lowest BCUT2D eigenvalue weighted by atomic mass is 10.2. The van der Waals surface area contributed by atoms with E-state index in [1.807, 2.05) is 0 Å². The van der Waals surface area contributed by atoms with E-state index < -0.39 is 17.1 Å². The first-order chi connectivity index (χ1) is 13.7. The Hall–Kier alpha value is -2.88. The van der Waals surface area contributed by atoms with Crippen LogP contribution in [0.4, 0.5) is 11.4 Å². The Morgan fingerprint density at radius 1 is 1.31 bits per heavy atom. The maximum absolute atomic E-state index is 12.0. The highest BCUT2D eigenvalue weighted by Crippen LogP contribution is 2.27. The van der Waals surface area contributed by atoms with Crippen molar-refractivity contribution in [3.8, 4) is 5.75 Å². The van der Waals surface area contributed by atoms with Gasteiger partial charge in [-0.05, 0) is 31.2 Å². The Morgan fingerprint density at radius 3 is 2.76 bits per heavy atom. The van der Waals surface area contributed by atoms with Gasteiger partial charge in [0.25, 0.3) is 5.69 Å². The zero-order chi connectivity index (χ0) is 21.4. The fourth-order valence-corrected chi connectivity index (χ4v) is 2.62. The summed E-state index contributed by atoms with van der Waals surface area (Å²) in [6.07, 6.45) is -1.22. The van der Waals surface area contributed by atoms with Crippen molar-refractivity contribution in [3.63, 3.8) is 0 Å². The molecule has 0 spiro atoms. The number of hydrazone groups is 1. The van der Waals surface area contributed by atoms with Crippen molar-refractivity contribution in [2.75, 3.05) is 11.9 Å². The van der Waals surface area contributed by atoms with E-state index in [9.17, 15) is 20.0 Å². The van der Waals surface area contributed by atoms with Gasteiger partial charge < -0.3 is 15.2 Å². The largest absolute Gasteiger partial charge is 0.487 e. The van der Waals surface area contributed by atoms with E-state index in [0.29, 0.717) is 27.2 Å². The van der Waals surface area contributed by atoms with Gasteiger partial charge >= 0.3 is 0 Å². The maximum Gasteiger partial charge on any atom is 0.271 e. The number of hydrogen-bond acceptors (Lipinski definition) is 7. The smallest absolute Gasteiger partial charge is 0.271 e. The summed E-state index contributed by atoms with van der Waals surface area (Å²) in [5.74, 6) is -0.0545. The van der Waals surface area contributed by atoms with Crippen molar-refractivity contribution in [2.45, 2.75) is 19.6 Å². The molecular formula is C18H18Cl2N4O5. The topological polar surface area (TPSA) is 126 Å². The number of nitrogens with zero attached hydrogens (tertiary/aromatic N) is 2. The van der Waals surface area contributed by atoms with Crippen molar-refractivity contribution in [1.29, 1.82) is 0 Å². The Kier molecular flexibility index (Phi) is 8.20. The predicted molar refractivity (Wildman–Crippen MR) is 111 cm³/mol. The SMILES string of the molecule is CC(CC(=O)Nc1cccc([N+](=O)[O-])c1)=NNC(O)COc1ccc(Cl)cc1Cl. The molecule has 2 aromatic carbocycles. The summed E-state index contributed by atoms with van der Waals surface area (Å²) in [5, 5.41) is 27.9. The van der Waals surface area contributed by atoms with Crippen LogP contribution in [0.25, 0.3) is 0 Å². The summed E-state index contributed by atoms with van der Waals surface area (Å²) < 4.78 is 5.37. The average molecular weight is 441 g/mol. The van der Waals surface area contributed by atoms with Crippen molar-refractivity contribution in [2.24, 2.45) is 5.10 Å². The van der Waals surface area contributed by atoms with E-state index in [1.165, 1.54) is 24.3 Å². The molecule has 11 heteroatoms. The molecule has 0 saturated heterocycles. The van der Waals surface area contributed by atoms with Crippen LogP contribution in [0.5, 0.6) is 5.75 Å². The van der Waals surface area contributed by atoms with Crippen LogP contribution in [0.3, 0.4) is 0 Å². The molecule has 0 aliphatic carbocycles. The second kappa shape index (κ2) is 10.6. The number of benzene rings is 2. The van der Waals surface area contributed by atoms with Gasteiger partial charge in [-0.2, -0.15) is 5.10 Å². The van der Waals surface area contributed by atoms with E-state index in [2.05, 4.69) is 15.8 Å². The fraction of sp³-hybridized carbons (Fsp3) is 0.222. The summed E-state index contributed by atoms with van der Waals surface area (Å²) in [6.45, 7) is 1.45. The number of anilines is 1. The van der Waals surface area contributed by atoms with E-state index in [1.54, 1.807) is 25.1 Å². The molecule has 29 heavy (non-hydrogen) atoms. The van der Waals surface area contributed by atoms with Gasteiger partial charge in [-0.3, -0.25) is 20.3 Å². The standard InChI is InChI=1S/C18H18Cl2N4O5/c1-11(7-17(25)21-13-3-2-4-14(9-13)24(27)28)22-23-18(26)10-29-16-6-5-12(19)8-15(16)20/h2-6,8-9,18,23,26H,7,10H2,1H3,(H,21,25). The molecule has 0 fully saturated rings. The zero-order valence-electron chi connectivity index (χ0n) is 15.3. The highest BCUT2D eigenvalue weighted by atomic mass is 35.5. The lowest BCUT2D eigenvalue weighted by molar-refractivity contribution is -0.384. The third kappa shape index (κ3) is 7.57. The molecule has 0 aliphatic rings. The molecule has 0 aromatic heterocycles.